The van der Waals surface area contributed by atoms with E-state index in [0.29, 0.717) is 18.3 Å². The second-order valence-corrected chi connectivity index (χ2v) is 14.5. The molecule has 4 nitrogen and oxygen atoms in total. The molecule has 5 aliphatic rings. The molecular formula is C30H46O4. The zero-order chi connectivity index (χ0) is 25.1. The Bertz CT molecular complexity index is 936. The number of carbonyl (C=O) groups is 2. The number of aliphatic hydroxyl groups excluding tert-OH is 1. The van der Waals surface area contributed by atoms with Crippen molar-refractivity contribution < 1.29 is 19.8 Å². The van der Waals surface area contributed by atoms with E-state index in [4.69, 9.17) is 0 Å². The zero-order valence-corrected chi connectivity index (χ0v) is 22.2. The maximum atomic E-state index is 13.2. The van der Waals surface area contributed by atoms with Gasteiger partial charge in [-0.3, -0.25) is 9.59 Å². The zero-order valence-electron chi connectivity index (χ0n) is 22.2. The molecule has 10 atom stereocenters. The normalized spacial score (nSPS) is 53.8. The Morgan fingerprint density at radius 1 is 0.912 bits per heavy atom. The van der Waals surface area contributed by atoms with E-state index >= 15 is 0 Å². The first-order valence-electron chi connectivity index (χ1n) is 13.8. The number of rotatable bonds is 2. The molecule has 4 heteroatoms. The summed E-state index contributed by atoms with van der Waals surface area (Å²) in [5.41, 5.74) is 0.214. The van der Waals surface area contributed by atoms with Gasteiger partial charge in [0, 0.05) is 12.3 Å². The predicted molar refractivity (Wildman–Crippen MR) is 133 cm³/mol. The minimum Gasteiger partial charge on any atom is -0.481 e. The molecule has 5 aliphatic carbocycles. The van der Waals surface area contributed by atoms with Crippen molar-refractivity contribution >= 4 is 11.8 Å². The van der Waals surface area contributed by atoms with Crippen LogP contribution in [0.4, 0.5) is 0 Å². The number of carboxylic acids is 1. The molecule has 5 saturated carbocycles. The number of ketones is 1. The molecule has 0 saturated heterocycles. The van der Waals surface area contributed by atoms with Crippen LogP contribution >= 0.6 is 0 Å². The Morgan fingerprint density at radius 3 is 2.21 bits per heavy atom. The molecule has 2 N–H and O–H groups in total. The lowest BCUT2D eigenvalue weighted by atomic mass is 9.32. The van der Waals surface area contributed by atoms with E-state index in [1.807, 2.05) is 6.92 Å². The Hall–Kier alpha value is -1.16. The number of fused-ring (bicyclic) bond motifs is 7. The quantitative estimate of drug-likeness (QED) is 0.467. The fourth-order valence-electron chi connectivity index (χ4n) is 11.3. The van der Waals surface area contributed by atoms with Gasteiger partial charge in [-0.15, -0.1) is 0 Å². The molecule has 5 rings (SSSR count). The number of allylic oxidation sites excluding steroid dienone is 1. The first-order chi connectivity index (χ1) is 15.7. The van der Waals surface area contributed by atoms with Gasteiger partial charge in [0.1, 0.15) is 5.78 Å². The van der Waals surface area contributed by atoms with Crippen LogP contribution in [0.15, 0.2) is 12.2 Å². The first-order valence-corrected chi connectivity index (χ1v) is 13.8. The molecule has 5 fully saturated rings. The summed E-state index contributed by atoms with van der Waals surface area (Å²) in [4.78, 5) is 26.0. The molecule has 0 aromatic carbocycles. The molecule has 0 aliphatic heterocycles. The smallest absolute Gasteiger partial charge is 0.310 e. The van der Waals surface area contributed by atoms with Crippen LogP contribution < -0.4 is 0 Å². The van der Waals surface area contributed by atoms with Crippen molar-refractivity contribution in [2.24, 2.45) is 56.7 Å². The van der Waals surface area contributed by atoms with Gasteiger partial charge in [-0.1, -0.05) is 46.8 Å². The highest BCUT2D eigenvalue weighted by Gasteiger charge is 2.73. The van der Waals surface area contributed by atoms with Gasteiger partial charge in [0.05, 0.1) is 11.5 Å². The van der Waals surface area contributed by atoms with Crippen LogP contribution in [0.2, 0.25) is 0 Å². The van der Waals surface area contributed by atoms with Crippen LogP contribution in [0.1, 0.15) is 99.3 Å². The fraction of sp³-hybridized carbons (Fsp3) is 0.867. The molecule has 0 aromatic heterocycles. The van der Waals surface area contributed by atoms with Crippen molar-refractivity contribution in [1.29, 1.82) is 0 Å². The van der Waals surface area contributed by atoms with Gasteiger partial charge in [-0.2, -0.15) is 0 Å². The second-order valence-electron chi connectivity index (χ2n) is 14.5. The topological polar surface area (TPSA) is 74.6 Å². The molecular weight excluding hydrogens is 424 g/mol. The summed E-state index contributed by atoms with van der Waals surface area (Å²) in [6, 6.07) is 0. The minimum absolute atomic E-state index is 0.0199. The summed E-state index contributed by atoms with van der Waals surface area (Å²) in [5, 5.41) is 21.3. The van der Waals surface area contributed by atoms with Crippen molar-refractivity contribution in [2.45, 2.75) is 105 Å². The van der Waals surface area contributed by atoms with Crippen LogP contribution in [0.5, 0.6) is 0 Å². The van der Waals surface area contributed by atoms with Gasteiger partial charge >= 0.3 is 5.97 Å². The Morgan fingerprint density at radius 2 is 1.59 bits per heavy atom. The molecule has 34 heavy (non-hydrogen) atoms. The van der Waals surface area contributed by atoms with Crippen molar-refractivity contribution in [3.05, 3.63) is 12.2 Å². The van der Waals surface area contributed by atoms with Crippen LogP contribution in [-0.4, -0.2) is 28.1 Å². The Balaban J connectivity index is 1.59. The SMILES string of the molecule is C=C(C)[C@@H]1C(=O)C[C@]2(C(=O)O)CC[C@]3(C)C(CC[C@@H]4[C@@]5(C)CC[C@H](O)C(C)(C)C5CC[C@]43C)[C@@H]12. The lowest BCUT2D eigenvalue weighted by molar-refractivity contribution is -0.248. The predicted octanol–water partition coefficient (Wildman–Crippen LogP) is 6.27. The highest BCUT2D eigenvalue weighted by molar-refractivity contribution is 5.94. The lowest BCUT2D eigenvalue weighted by Crippen LogP contribution is -2.67. The summed E-state index contributed by atoms with van der Waals surface area (Å²) in [6.45, 7) is 18.2. The minimum atomic E-state index is -0.911. The monoisotopic (exact) mass is 470 g/mol. The van der Waals surface area contributed by atoms with Crippen LogP contribution in [-0.2, 0) is 9.59 Å². The van der Waals surface area contributed by atoms with E-state index in [-0.39, 0.29) is 57.7 Å². The maximum absolute atomic E-state index is 13.2. The van der Waals surface area contributed by atoms with Gasteiger partial charge in [-0.25, -0.2) is 0 Å². The van der Waals surface area contributed by atoms with Gasteiger partial charge in [-0.05, 0) is 104 Å². The summed E-state index contributed by atoms with van der Waals surface area (Å²) in [5.74, 6) is 0.245. The number of Topliss-reactive ketones (excluding diaryl/α,β-unsaturated/α-hetero) is 1. The average molecular weight is 471 g/mol. The molecule has 2 unspecified atom stereocenters. The van der Waals surface area contributed by atoms with Crippen LogP contribution in [0.3, 0.4) is 0 Å². The highest BCUT2D eigenvalue weighted by atomic mass is 16.4. The highest BCUT2D eigenvalue weighted by Crippen LogP contribution is 2.77. The lowest BCUT2D eigenvalue weighted by Gasteiger charge is -2.72. The summed E-state index contributed by atoms with van der Waals surface area (Å²) < 4.78 is 0. The van der Waals surface area contributed by atoms with E-state index in [1.54, 1.807) is 0 Å². The molecule has 0 aromatic rings. The third-order valence-corrected chi connectivity index (χ3v) is 13.2. The number of carbonyl (C=O) groups excluding carboxylic acids is 1. The summed E-state index contributed by atoms with van der Waals surface area (Å²) >= 11 is 0. The van der Waals surface area contributed by atoms with E-state index in [9.17, 15) is 19.8 Å². The maximum Gasteiger partial charge on any atom is 0.310 e. The molecule has 0 heterocycles. The van der Waals surface area contributed by atoms with Crippen LogP contribution in [0, 0.1) is 56.7 Å². The van der Waals surface area contributed by atoms with Crippen molar-refractivity contribution in [3.63, 3.8) is 0 Å². The first kappa shape index (κ1) is 24.5. The average Bonchev–Trinajstić information content (AvgIpc) is 3.05. The van der Waals surface area contributed by atoms with Crippen molar-refractivity contribution in [3.8, 4) is 0 Å². The third-order valence-electron chi connectivity index (χ3n) is 13.2. The standard InChI is InChI=1S/C30H46O4/c1-17(2)23-19(31)16-30(25(33)34)15-14-28(6)18(24(23)30)8-9-21-27(5)12-11-22(32)26(3,4)20(27)10-13-29(21,28)7/h18,20-24,32H,1,8-16H2,2-7H3,(H,33,34)/t18?,20?,21-,22+,23-,24+,27+,28-,29-,30-/m1/s1. The van der Waals surface area contributed by atoms with Gasteiger partial charge in [0.2, 0.25) is 0 Å². The third kappa shape index (κ3) is 2.70. The number of hydrogen-bond acceptors (Lipinski definition) is 3. The molecule has 0 spiro atoms. The van der Waals surface area contributed by atoms with Crippen molar-refractivity contribution in [2.75, 3.05) is 0 Å². The van der Waals surface area contributed by atoms with Gasteiger partial charge in [0.25, 0.3) is 0 Å². The van der Waals surface area contributed by atoms with E-state index in [1.165, 1.54) is 0 Å². The Labute approximate surface area is 206 Å². The van der Waals surface area contributed by atoms with E-state index < -0.39 is 11.4 Å². The largest absolute Gasteiger partial charge is 0.481 e. The van der Waals surface area contributed by atoms with E-state index in [2.05, 4.69) is 41.2 Å². The molecule has 0 amide bonds. The number of hydrogen-bond donors (Lipinski definition) is 2. The number of aliphatic hydroxyl groups is 1. The summed E-state index contributed by atoms with van der Waals surface area (Å²) in [6.07, 6.45) is 7.82. The number of aliphatic carboxylic acids is 1. The second kappa shape index (κ2) is 7.20. The molecule has 0 bridgehead atoms. The number of carboxylic acid groups (broad SMARTS) is 1. The molecule has 190 valence electrons. The van der Waals surface area contributed by atoms with Crippen molar-refractivity contribution in [1.82, 2.24) is 0 Å². The van der Waals surface area contributed by atoms with Gasteiger partial charge < -0.3 is 10.2 Å². The Kier molecular flexibility index (Phi) is 5.20. The summed E-state index contributed by atoms with van der Waals surface area (Å²) in [7, 11) is 0. The van der Waals surface area contributed by atoms with Gasteiger partial charge in [0.15, 0.2) is 0 Å². The molecule has 0 radical (unpaired) electrons. The van der Waals surface area contributed by atoms with E-state index in [0.717, 1.165) is 50.5 Å². The van der Waals surface area contributed by atoms with Crippen LogP contribution in [0.25, 0.3) is 0 Å². The fourth-order valence-corrected chi connectivity index (χ4v) is 11.3.